The molecule has 0 aromatic heterocycles. The molecule has 1 heterocycles. The second-order valence-corrected chi connectivity index (χ2v) is 6.56. The summed E-state index contributed by atoms with van der Waals surface area (Å²) in [7, 11) is 0. The molecule has 0 spiro atoms. The van der Waals surface area contributed by atoms with Gasteiger partial charge in [0.1, 0.15) is 13.2 Å². The summed E-state index contributed by atoms with van der Waals surface area (Å²) in [5, 5.41) is 3.64. The maximum absolute atomic E-state index is 12.8. The SMILES string of the molecule is CC(C)C(C(=O)Nc1ccc2c(c1)OCCO2)c1ccc(Cl)cc1. The fourth-order valence-corrected chi connectivity index (χ4v) is 2.98. The minimum atomic E-state index is -0.254. The van der Waals surface area contributed by atoms with Crippen LogP contribution >= 0.6 is 11.6 Å². The third kappa shape index (κ3) is 3.65. The van der Waals surface area contributed by atoms with Crippen LogP contribution in [0.2, 0.25) is 5.02 Å². The molecule has 1 atom stereocenters. The maximum atomic E-state index is 12.8. The molecule has 4 nitrogen and oxygen atoms in total. The number of fused-ring (bicyclic) bond motifs is 1. The first-order valence-electron chi connectivity index (χ1n) is 8.00. The number of benzene rings is 2. The highest BCUT2D eigenvalue weighted by Crippen LogP contribution is 2.33. The van der Waals surface area contributed by atoms with Crippen molar-refractivity contribution in [3.63, 3.8) is 0 Å². The van der Waals surface area contributed by atoms with Crippen LogP contribution in [0, 0.1) is 5.92 Å². The maximum Gasteiger partial charge on any atom is 0.232 e. The number of rotatable bonds is 4. The van der Waals surface area contributed by atoms with Crippen molar-refractivity contribution in [2.24, 2.45) is 5.92 Å². The number of hydrogen-bond donors (Lipinski definition) is 1. The van der Waals surface area contributed by atoms with E-state index in [9.17, 15) is 4.79 Å². The van der Waals surface area contributed by atoms with Gasteiger partial charge in [0.05, 0.1) is 5.92 Å². The first-order chi connectivity index (χ1) is 11.5. The quantitative estimate of drug-likeness (QED) is 0.888. The van der Waals surface area contributed by atoms with Crippen molar-refractivity contribution in [3.8, 4) is 11.5 Å². The standard InChI is InChI=1S/C19H20ClNO3/c1-12(2)18(13-3-5-14(20)6-4-13)19(22)21-15-7-8-16-17(11-15)24-10-9-23-16/h3-8,11-12,18H,9-10H2,1-2H3,(H,21,22). The van der Waals surface area contributed by atoms with Gasteiger partial charge in [0.25, 0.3) is 0 Å². The van der Waals surface area contributed by atoms with Gasteiger partial charge < -0.3 is 14.8 Å². The number of anilines is 1. The zero-order chi connectivity index (χ0) is 17.1. The highest BCUT2D eigenvalue weighted by atomic mass is 35.5. The van der Waals surface area contributed by atoms with Crippen LogP contribution in [0.25, 0.3) is 0 Å². The van der Waals surface area contributed by atoms with Crippen molar-refractivity contribution in [1.29, 1.82) is 0 Å². The Morgan fingerprint density at radius 1 is 1.04 bits per heavy atom. The largest absolute Gasteiger partial charge is 0.486 e. The smallest absolute Gasteiger partial charge is 0.232 e. The van der Waals surface area contributed by atoms with E-state index in [1.165, 1.54) is 0 Å². The van der Waals surface area contributed by atoms with Gasteiger partial charge in [0, 0.05) is 16.8 Å². The van der Waals surface area contributed by atoms with Gasteiger partial charge in [-0.25, -0.2) is 0 Å². The number of carbonyl (C=O) groups is 1. The van der Waals surface area contributed by atoms with Gasteiger partial charge in [-0.1, -0.05) is 37.6 Å². The van der Waals surface area contributed by atoms with Crippen LogP contribution in [0.3, 0.4) is 0 Å². The molecule has 1 aliphatic rings. The fraction of sp³-hybridized carbons (Fsp3) is 0.316. The molecule has 126 valence electrons. The van der Waals surface area contributed by atoms with Crippen molar-refractivity contribution < 1.29 is 14.3 Å². The lowest BCUT2D eigenvalue weighted by atomic mass is 9.87. The molecule has 2 aromatic carbocycles. The van der Waals surface area contributed by atoms with Crippen molar-refractivity contribution in [3.05, 3.63) is 53.1 Å². The van der Waals surface area contributed by atoms with E-state index in [4.69, 9.17) is 21.1 Å². The molecule has 1 unspecified atom stereocenters. The van der Waals surface area contributed by atoms with E-state index >= 15 is 0 Å². The van der Waals surface area contributed by atoms with Gasteiger partial charge in [0.2, 0.25) is 5.91 Å². The number of halogens is 1. The zero-order valence-electron chi connectivity index (χ0n) is 13.7. The number of nitrogens with one attached hydrogen (secondary N) is 1. The number of carbonyl (C=O) groups excluding carboxylic acids is 1. The summed E-state index contributed by atoms with van der Waals surface area (Å²) in [4.78, 5) is 12.8. The molecule has 5 heteroatoms. The molecular weight excluding hydrogens is 326 g/mol. The van der Waals surface area contributed by atoms with E-state index in [0.29, 0.717) is 35.4 Å². The normalized spacial score (nSPS) is 14.3. The minimum absolute atomic E-state index is 0.0519. The Morgan fingerprint density at radius 3 is 2.38 bits per heavy atom. The lowest BCUT2D eigenvalue weighted by Crippen LogP contribution is -2.25. The van der Waals surface area contributed by atoms with Gasteiger partial charge in [-0.3, -0.25) is 4.79 Å². The molecule has 0 aliphatic carbocycles. The first-order valence-corrected chi connectivity index (χ1v) is 8.38. The van der Waals surface area contributed by atoms with Crippen LogP contribution < -0.4 is 14.8 Å². The van der Waals surface area contributed by atoms with Crippen LogP contribution in [0.1, 0.15) is 25.3 Å². The van der Waals surface area contributed by atoms with Crippen molar-refractivity contribution in [2.75, 3.05) is 18.5 Å². The van der Waals surface area contributed by atoms with E-state index < -0.39 is 0 Å². The van der Waals surface area contributed by atoms with Crippen molar-refractivity contribution in [1.82, 2.24) is 0 Å². The summed E-state index contributed by atoms with van der Waals surface area (Å²) in [6, 6.07) is 12.9. The Labute approximate surface area is 146 Å². The molecule has 1 aliphatic heterocycles. The number of amides is 1. The highest BCUT2D eigenvalue weighted by Gasteiger charge is 2.24. The molecule has 1 N–H and O–H groups in total. The molecule has 0 saturated heterocycles. The molecular formula is C19H20ClNO3. The van der Waals surface area contributed by atoms with Gasteiger partial charge >= 0.3 is 0 Å². The molecule has 0 fully saturated rings. The second-order valence-electron chi connectivity index (χ2n) is 6.12. The average molecular weight is 346 g/mol. The molecule has 3 rings (SSSR count). The van der Waals surface area contributed by atoms with E-state index in [1.807, 2.05) is 50.2 Å². The average Bonchev–Trinajstić information content (AvgIpc) is 2.56. The molecule has 0 radical (unpaired) electrons. The van der Waals surface area contributed by atoms with Gasteiger partial charge in [-0.15, -0.1) is 0 Å². The second kappa shape index (κ2) is 7.14. The Bertz CT molecular complexity index is 728. The summed E-state index contributed by atoms with van der Waals surface area (Å²) >= 11 is 5.95. The van der Waals surface area contributed by atoms with Gasteiger partial charge in [-0.2, -0.15) is 0 Å². The zero-order valence-corrected chi connectivity index (χ0v) is 14.5. The third-order valence-corrected chi connectivity index (χ3v) is 4.24. The first kappa shape index (κ1) is 16.7. The van der Waals surface area contributed by atoms with Crippen LogP contribution in [0.5, 0.6) is 11.5 Å². The summed E-state index contributed by atoms with van der Waals surface area (Å²) in [5.74, 6) is 1.21. The Kier molecular flexibility index (Phi) is 4.95. The van der Waals surface area contributed by atoms with E-state index in [-0.39, 0.29) is 17.7 Å². The van der Waals surface area contributed by atoms with E-state index in [0.717, 1.165) is 5.56 Å². The molecule has 24 heavy (non-hydrogen) atoms. The van der Waals surface area contributed by atoms with Crippen LogP contribution in [0.15, 0.2) is 42.5 Å². The summed E-state index contributed by atoms with van der Waals surface area (Å²) in [5.41, 5.74) is 1.65. The van der Waals surface area contributed by atoms with Crippen molar-refractivity contribution in [2.45, 2.75) is 19.8 Å². The summed E-state index contributed by atoms with van der Waals surface area (Å²) < 4.78 is 11.1. The van der Waals surface area contributed by atoms with Crippen molar-refractivity contribution >= 4 is 23.2 Å². The topological polar surface area (TPSA) is 47.6 Å². The summed E-state index contributed by atoms with van der Waals surface area (Å²) in [6.07, 6.45) is 0. The molecule has 0 bridgehead atoms. The van der Waals surface area contributed by atoms with Gasteiger partial charge in [0.15, 0.2) is 11.5 Å². The Morgan fingerprint density at radius 2 is 1.71 bits per heavy atom. The molecule has 0 saturated carbocycles. The lowest BCUT2D eigenvalue weighted by molar-refractivity contribution is -0.118. The number of ether oxygens (including phenoxy) is 2. The molecule has 2 aromatic rings. The lowest BCUT2D eigenvalue weighted by Gasteiger charge is -2.22. The Hall–Kier alpha value is -2.20. The molecule has 1 amide bonds. The number of hydrogen-bond acceptors (Lipinski definition) is 3. The predicted molar refractivity (Wildman–Crippen MR) is 95.1 cm³/mol. The predicted octanol–water partition coefficient (Wildman–Crippen LogP) is 4.49. The Balaban J connectivity index is 1.80. The van der Waals surface area contributed by atoms with Crippen LogP contribution in [-0.2, 0) is 4.79 Å². The van der Waals surface area contributed by atoms with Crippen LogP contribution in [-0.4, -0.2) is 19.1 Å². The van der Waals surface area contributed by atoms with E-state index in [1.54, 1.807) is 6.07 Å². The van der Waals surface area contributed by atoms with Crippen LogP contribution in [0.4, 0.5) is 5.69 Å². The van der Waals surface area contributed by atoms with Gasteiger partial charge in [-0.05, 0) is 35.7 Å². The minimum Gasteiger partial charge on any atom is -0.486 e. The van der Waals surface area contributed by atoms with E-state index in [2.05, 4.69) is 5.32 Å². The monoisotopic (exact) mass is 345 g/mol. The third-order valence-electron chi connectivity index (χ3n) is 3.99. The fourth-order valence-electron chi connectivity index (χ4n) is 2.85. The summed E-state index contributed by atoms with van der Waals surface area (Å²) in [6.45, 7) is 5.12. The highest BCUT2D eigenvalue weighted by molar-refractivity contribution is 6.30.